The van der Waals surface area contributed by atoms with Crippen molar-refractivity contribution >= 4 is 5.69 Å². The van der Waals surface area contributed by atoms with Crippen LogP contribution in [0.5, 0.6) is 0 Å². The first-order chi connectivity index (χ1) is 13.7. The van der Waals surface area contributed by atoms with Crippen LogP contribution >= 0.6 is 0 Å². The lowest BCUT2D eigenvalue weighted by Gasteiger charge is -2.29. The first-order valence-corrected chi connectivity index (χ1v) is 9.72. The summed E-state index contributed by atoms with van der Waals surface area (Å²) in [5, 5.41) is 11.0. The average molecular weight is 379 g/mol. The van der Waals surface area contributed by atoms with Gasteiger partial charge in [-0.15, -0.1) is 0 Å². The largest absolute Gasteiger partial charge is 0.455 e. The number of piperazine rings is 1. The van der Waals surface area contributed by atoms with E-state index in [2.05, 4.69) is 30.3 Å². The van der Waals surface area contributed by atoms with Crippen LogP contribution in [0, 0.1) is 10.1 Å². The maximum Gasteiger partial charge on any atom is 0.270 e. The smallest absolute Gasteiger partial charge is 0.270 e. The SMILES string of the molecule is O=[N+]([O-])c1cccc(-c2ccc(C[NH+]3CC[NH+](Cc4ccccc4)CC3)o2)c1. The number of nitro benzene ring substituents is 1. The maximum atomic E-state index is 11.0. The molecular formula is C22H25N3O3+2. The highest BCUT2D eigenvalue weighted by Crippen LogP contribution is 2.25. The summed E-state index contributed by atoms with van der Waals surface area (Å²) in [7, 11) is 0. The number of hydrogen-bond acceptors (Lipinski definition) is 3. The Morgan fingerprint density at radius 3 is 2.29 bits per heavy atom. The molecule has 0 amide bonds. The number of quaternary nitrogens is 2. The molecule has 6 heteroatoms. The van der Waals surface area contributed by atoms with Gasteiger partial charge in [-0.25, -0.2) is 0 Å². The lowest BCUT2D eigenvalue weighted by atomic mass is 10.1. The average Bonchev–Trinajstić information content (AvgIpc) is 3.19. The fourth-order valence-corrected chi connectivity index (χ4v) is 3.84. The van der Waals surface area contributed by atoms with Gasteiger partial charge >= 0.3 is 0 Å². The third-order valence-corrected chi connectivity index (χ3v) is 5.39. The number of non-ortho nitro benzene ring substituents is 1. The second-order valence-corrected chi connectivity index (χ2v) is 7.41. The number of benzene rings is 2. The molecule has 6 nitrogen and oxygen atoms in total. The minimum atomic E-state index is -0.380. The number of nitrogens with one attached hydrogen (secondary N) is 2. The van der Waals surface area contributed by atoms with Crippen molar-refractivity contribution in [2.24, 2.45) is 0 Å². The Bertz CT molecular complexity index is 931. The highest BCUT2D eigenvalue weighted by atomic mass is 16.6. The molecule has 1 aromatic heterocycles. The number of rotatable bonds is 6. The van der Waals surface area contributed by atoms with Crippen molar-refractivity contribution < 1.29 is 19.1 Å². The second kappa shape index (κ2) is 8.37. The molecule has 2 N–H and O–H groups in total. The highest BCUT2D eigenvalue weighted by Gasteiger charge is 2.24. The van der Waals surface area contributed by atoms with Crippen LogP contribution < -0.4 is 9.80 Å². The molecule has 3 aromatic rings. The molecule has 1 aliphatic heterocycles. The summed E-state index contributed by atoms with van der Waals surface area (Å²) >= 11 is 0. The van der Waals surface area contributed by atoms with Crippen molar-refractivity contribution in [1.82, 2.24) is 0 Å². The van der Waals surface area contributed by atoms with Gasteiger partial charge in [0.1, 0.15) is 45.0 Å². The molecule has 0 bridgehead atoms. The van der Waals surface area contributed by atoms with Gasteiger partial charge in [0.25, 0.3) is 5.69 Å². The van der Waals surface area contributed by atoms with Gasteiger partial charge in [0.05, 0.1) is 4.92 Å². The van der Waals surface area contributed by atoms with Crippen molar-refractivity contribution in [2.45, 2.75) is 13.1 Å². The molecule has 1 saturated heterocycles. The fraction of sp³-hybridized carbons (Fsp3) is 0.273. The van der Waals surface area contributed by atoms with Crippen LogP contribution in [-0.4, -0.2) is 31.1 Å². The number of furan rings is 1. The van der Waals surface area contributed by atoms with Crippen molar-refractivity contribution in [2.75, 3.05) is 26.2 Å². The van der Waals surface area contributed by atoms with E-state index in [1.807, 2.05) is 18.2 Å². The van der Waals surface area contributed by atoms with Gasteiger partial charge in [-0.1, -0.05) is 42.5 Å². The third kappa shape index (κ3) is 4.47. The van der Waals surface area contributed by atoms with E-state index in [1.165, 1.54) is 16.5 Å². The summed E-state index contributed by atoms with van der Waals surface area (Å²) in [5.74, 6) is 1.62. The number of nitro groups is 1. The van der Waals surface area contributed by atoms with E-state index < -0.39 is 0 Å². The Hall–Kier alpha value is -2.96. The van der Waals surface area contributed by atoms with Crippen LogP contribution in [0.3, 0.4) is 0 Å². The Balaban J connectivity index is 1.33. The van der Waals surface area contributed by atoms with Gasteiger partial charge in [0.2, 0.25) is 0 Å². The quantitative estimate of drug-likeness (QED) is 0.502. The molecule has 4 rings (SSSR count). The molecular weight excluding hydrogens is 354 g/mol. The zero-order valence-electron chi connectivity index (χ0n) is 15.8. The number of hydrogen-bond donors (Lipinski definition) is 2. The summed E-state index contributed by atoms with van der Waals surface area (Å²) in [6.07, 6.45) is 0. The molecule has 0 saturated carbocycles. The maximum absolute atomic E-state index is 11.0. The van der Waals surface area contributed by atoms with Gasteiger partial charge < -0.3 is 14.2 Å². The van der Waals surface area contributed by atoms with Crippen LogP contribution in [0.1, 0.15) is 11.3 Å². The fourth-order valence-electron chi connectivity index (χ4n) is 3.84. The Morgan fingerprint density at radius 1 is 0.857 bits per heavy atom. The minimum Gasteiger partial charge on any atom is -0.455 e. The Labute approximate surface area is 164 Å². The van der Waals surface area contributed by atoms with Crippen LogP contribution in [0.4, 0.5) is 5.69 Å². The summed E-state index contributed by atoms with van der Waals surface area (Å²) in [4.78, 5) is 13.7. The predicted molar refractivity (Wildman–Crippen MR) is 106 cm³/mol. The molecule has 1 aliphatic rings. The molecule has 0 atom stereocenters. The lowest BCUT2D eigenvalue weighted by molar-refractivity contribution is -1.02. The Kier molecular flexibility index (Phi) is 5.50. The van der Waals surface area contributed by atoms with E-state index in [4.69, 9.17) is 4.42 Å². The molecule has 2 heterocycles. The van der Waals surface area contributed by atoms with Gasteiger partial charge in [0, 0.05) is 23.3 Å². The zero-order valence-corrected chi connectivity index (χ0v) is 15.8. The predicted octanol–water partition coefficient (Wildman–Crippen LogP) is 1.34. The van der Waals surface area contributed by atoms with Crippen LogP contribution in [0.15, 0.2) is 71.1 Å². The number of nitrogens with zero attached hydrogens (tertiary/aromatic N) is 1. The van der Waals surface area contributed by atoms with E-state index in [1.54, 1.807) is 17.0 Å². The molecule has 1 fully saturated rings. The van der Waals surface area contributed by atoms with Gasteiger partial charge in [-0.05, 0) is 12.1 Å². The normalized spacial score (nSPS) is 19.4. The van der Waals surface area contributed by atoms with E-state index >= 15 is 0 Å². The van der Waals surface area contributed by atoms with Crippen LogP contribution in [-0.2, 0) is 13.1 Å². The first-order valence-electron chi connectivity index (χ1n) is 9.72. The molecule has 28 heavy (non-hydrogen) atoms. The van der Waals surface area contributed by atoms with Crippen molar-refractivity contribution in [3.8, 4) is 11.3 Å². The van der Waals surface area contributed by atoms with E-state index in [0.717, 1.165) is 50.6 Å². The highest BCUT2D eigenvalue weighted by molar-refractivity contribution is 5.61. The standard InChI is InChI=1S/C22H23N3O3/c26-25(27)20-8-4-7-19(15-20)22-10-9-21(28-22)17-24-13-11-23(12-14-24)16-18-5-2-1-3-6-18/h1-10,15H,11-14,16-17H2/p+2. The molecule has 0 radical (unpaired) electrons. The van der Waals surface area contributed by atoms with Gasteiger partial charge in [-0.2, -0.15) is 0 Å². The molecule has 0 unspecified atom stereocenters. The Morgan fingerprint density at radius 2 is 1.57 bits per heavy atom. The first kappa shape index (κ1) is 18.4. The van der Waals surface area contributed by atoms with E-state index in [9.17, 15) is 10.1 Å². The van der Waals surface area contributed by atoms with Crippen LogP contribution in [0.25, 0.3) is 11.3 Å². The molecule has 144 valence electrons. The third-order valence-electron chi connectivity index (χ3n) is 5.39. The zero-order chi connectivity index (χ0) is 19.3. The van der Waals surface area contributed by atoms with Crippen molar-refractivity contribution in [3.63, 3.8) is 0 Å². The second-order valence-electron chi connectivity index (χ2n) is 7.41. The molecule has 0 spiro atoms. The van der Waals surface area contributed by atoms with Crippen molar-refractivity contribution in [1.29, 1.82) is 0 Å². The van der Waals surface area contributed by atoms with Crippen molar-refractivity contribution in [3.05, 3.63) is 88.2 Å². The van der Waals surface area contributed by atoms with Crippen LogP contribution in [0.2, 0.25) is 0 Å². The molecule has 0 aliphatic carbocycles. The lowest BCUT2D eigenvalue weighted by Crippen LogP contribution is -3.27. The van der Waals surface area contributed by atoms with E-state index in [-0.39, 0.29) is 10.6 Å². The summed E-state index contributed by atoms with van der Waals surface area (Å²) in [6, 6.07) is 21.1. The summed E-state index contributed by atoms with van der Waals surface area (Å²) in [5.41, 5.74) is 2.22. The monoisotopic (exact) mass is 379 g/mol. The molecule has 2 aromatic carbocycles. The topological polar surface area (TPSA) is 65.2 Å². The summed E-state index contributed by atoms with van der Waals surface area (Å²) < 4.78 is 5.98. The van der Waals surface area contributed by atoms with Gasteiger partial charge in [0.15, 0.2) is 5.76 Å². The van der Waals surface area contributed by atoms with Gasteiger partial charge in [-0.3, -0.25) is 10.1 Å². The van der Waals surface area contributed by atoms with E-state index in [0.29, 0.717) is 5.76 Å². The summed E-state index contributed by atoms with van der Waals surface area (Å²) in [6.45, 7) is 6.49. The minimum absolute atomic E-state index is 0.0820.